The van der Waals surface area contributed by atoms with Crippen molar-refractivity contribution in [1.82, 2.24) is 9.80 Å². The van der Waals surface area contributed by atoms with Crippen LogP contribution in [0.1, 0.15) is 19.4 Å². The molecule has 5 nitrogen and oxygen atoms in total. The highest BCUT2D eigenvalue weighted by Gasteiger charge is 2.34. The Morgan fingerprint density at radius 1 is 1.27 bits per heavy atom. The molecule has 120 valence electrons. The van der Waals surface area contributed by atoms with Crippen molar-refractivity contribution in [3.8, 4) is 0 Å². The summed E-state index contributed by atoms with van der Waals surface area (Å²) >= 11 is 0. The van der Waals surface area contributed by atoms with Crippen molar-refractivity contribution in [2.75, 3.05) is 19.6 Å². The average Bonchev–Trinajstić information content (AvgIpc) is 2.48. The van der Waals surface area contributed by atoms with E-state index >= 15 is 0 Å². The van der Waals surface area contributed by atoms with Gasteiger partial charge in [-0.1, -0.05) is 12.1 Å². The van der Waals surface area contributed by atoms with Crippen LogP contribution in [0.5, 0.6) is 0 Å². The van der Waals surface area contributed by atoms with Crippen molar-refractivity contribution in [1.29, 1.82) is 0 Å². The molecule has 0 unspecified atom stereocenters. The second-order valence-corrected chi connectivity index (χ2v) is 5.90. The third-order valence-electron chi connectivity index (χ3n) is 4.06. The minimum absolute atomic E-state index is 0.145. The van der Waals surface area contributed by atoms with E-state index in [1.54, 1.807) is 17.0 Å². The molecule has 1 saturated heterocycles. The summed E-state index contributed by atoms with van der Waals surface area (Å²) < 4.78 is 12.9. The number of amides is 2. The average molecular weight is 307 g/mol. The number of nitrogens with two attached hydrogens (primary N) is 1. The number of primary amides is 1. The fourth-order valence-electron chi connectivity index (χ4n) is 2.69. The van der Waals surface area contributed by atoms with Gasteiger partial charge >= 0.3 is 0 Å². The first kappa shape index (κ1) is 16.4. The van der Waals surface area contributed by atoms with E-state index in [1.807, 2.05) is 13.8 Å². The van der Waals surface area contributed by atoms with E-state index in [-0.39, 0.29) is 18.1 Å². The minimum atomic E-state index is -0.607. The van der Waals surface area contributed by atoms with Crippen LogP contribution in [0.2, 0.25) is 0 Å². The maximum absolute atomic E-state index is 12.9. The lowest BCUT2D eigenvalue weighted by molar-refractivity contribution is -0.142. The number of halogens is 1. The normalized spacial score (nSPS) is 19.5. The second kappa shape index (κ2) is 6.87. The highest BCUT2D eigenvalue weighted by Crippen LogP contribution is 2.15. The zero-order chi connectivity index (χ0) is 16.3. The Hall–Kier alpha value is -1.95. The molecule has 0 radical (unpaired) electrons. The highest BCUT2D eigenvalue weighted by molar-refractivity contribution is 5.88. The van der Waals surface area contributed by atoms with Gasteiger partial charge in [-0.25, -0.2) is 4.39 Å². The van der Waals surface area contributed by atoms with Gasteiger partial charge in [-0.05, 0) is 31.5 Å². The van der Waals surface area contributed by atoms with Crippen LogP contribution in [0.3, 0.4) is 0 Å². The largest absolute Gasteiger partial charge is 0.368 e. The maximum Gasteiger partial charge on any atom is 0.241 e. The van der Waals surface area contributed by atoms with Crippen LogP contribution in [0, 0.1) is 5.82 Å². The maximum atomic E-state index is 12.9. The molecule has 0 spiro atoms. The van der Waals surface area contributed by atoms with Crippen molar-refractivity contribution in [2.24, 2.45) is 5.73 Å². The number of carbonyl (C=O) groups excluding carboxylic acids is 2. The van der Waals surface area contributed by atoms with E-state index in [0.29, 0.717) is 19.1 Å². The molecule has 0 saturated carbocycles. The Kier molecular flexibility index (Phi) is 5.13. The summed E-state index contributed by atoms with van der Waals surface area (Å²) in [5.74, 6) is -0.978. The van der Waals surface area contributed by atoms with Gasteiger partial charge < -0.3 is 10.6 Å². The predicted octanol–water partition coefficient (Wildman–Crippen LogP) is 0.775. The summed E-state index contributed by atoms with van der Waals surface area (Å²) in [6.45, 7) is 5.76. The first-order chi connectivity index (χ1) is 10.4. The minimum Gasteiger partial charge on any atom is -0.368 e. The number of rotatable bonds is 4. The molecule has 6 heteroatoms. The van der Waals surface area contributed by atoms with Crippen LogP contribution < -0.4 is 5.73 Å². The quantitative estimate of drug-likeness (QED) is 0.894. The Bertz CT molecular complexity index is 545. The predicted molar refractivity (Wildman–Crippen MR) is 81.5 cm³/mol. The number of carbonyl (C=O) groups is 2. The van der Waals surface area contributed by atoms with Crippen LogP contribution in [0.4, 0.5) is 4.39 Å². The Labute approximate surface area is 129 Å². The summed E-state index contributed by atoms with van der Waals surface area (Å²) in [5, 5.41) is 0. The van der Waals surface area contributed by atoms with Gasteiger partial charge in [0.15, 0.2) is 0 Å². The molecule has 0 aromatic heterocycles. The summed E-state index contributed by atoms with van der Waals surface area (Å²) in [6.07, 6.45) is 0.145. The molecule has 22 heavy (non-hydrogen) atoms. The number of piperazine rings is 1. The SMILES string of the molecule is CC(C)N1CCN(C(=O)Cc2ccc(F)cc2)[C@@H](C(N)=O)C1. The highest BCUT2D eigenvalue weighted by atomic mass is 19.1. The molecule has 1 aromatic rings. The molecule has 1 fully saturated rings. The van der Waals surface area contributed by atoms with E-state index in [1.165, 1.54) is 12.1 Å². The van der Waals surface area contributed by atoms with Crippen molar-refractivity contribution in [3.63, 3.8) is 0 Å². The van der Waals surface area contributed by atoms with Gasteiger partial charge in [0.25, 0.3) is 0 Å². The first-order valence-corrected chi connectivity index (χ1v) is 7.45. The standard InChI is InChI=1S/C16H22FN3O2/c1-11(2)19-7-8-20(14(10-19)16(18)22)15(21)9-12-3-5-13(17)6-4-12/h3-6,11,14H,7-10H2,1-2H3,(H2,18,22)/t14-/m1/s1. The third-order valence-corrected chi connectivity index (χ3v) is 4.06. The molecule has 1 aromatic carbocycles. The van der Waals surface area contributed by atoms with Crippen LogP contribution >= 0.6 is 0 Å². The number of hydrogen-bond donors (Lipinski definition) is 1. The summed E-state index contributed by atoms with van der Waals surface area (Å²) in [6, 6.07) is 5.50. The first-order valence-electron chi connectivity index (χ1n) is 7.45. The van der Waals surface area contributed by atoms with E-state index in [9.17, 15) is 14.0 Å². The van der Waals surface area contributed by atoms with Crippen molar-refractivity contribution >= 4 is 11.8 Å². The van der Waals surface area contributed by atoms with Gasteiger partial charge in [0.05, 0.1) is 6.42 Å². The van der Waals surface area contributed by atoms with Gasteiger partial charge in [0, 0.05) is 25.7 Å². The Morgan fingerprint density at radius 2 is 1.91 bits per heavy atom. The molecule has 1 aliphatic heterocycles. The van der Waals surface area contributed by atoms with Crippen LogP contribution in [0.25, 0.3) is 0 Å². The molecule has 1 atom stereocenters. The molecule has 2 rings (SSSR count). The molecule has 1 heterocycles. The molecular formula is C16H22FN3O2. The Balaban J connectivity index is 2.07. The molecule has 0 bridgehead atoms. The lowest BCUT2D eigenvalue weighted by atomic mass is 10.1. The van der Waals surface area contributed by atoms with Crippen molar-refractivity contribution in [3.05, 3.63) is 35.6 Å². The molecule has 2 amide bonds. The third kappa shape index (κ3) is 3.82. The van der Waals surface area contributed by atoms with Gasteiger partial charge in [-0.2, -0.15) is 0 Å². The lowest BCUT2D eigenvalue weighted by Crippen LogP contribution is -2.61. The summed E-state index contributed by atoms with van der Waals surface area (Å²) in [4.78, 5) is 27.8. The van der Waals surface area contributed by atoms with Crippen LogP contribution in [-0.2, 0) is 16.0 Å². The van der Waals surface area contributed by atoms with Gasteiger partial charge in [0.2, 0.25) is 11.8 Å². The van der Waals surface area contributed by atoms with E-state index in [0.717, 1.165) is 12.1 Å². The molecule has 2 N–H and O–H groups in total. The lowest BCUT2D eigenvalue weighted by Gasteiger charge is -2.41. The molecule has 0 aliphatic carbocycles. The van der Waals surface area contributed by atoms with Gasteiger partial charge in [-0.15, -0.1) is 0 Å². The van der Waals surface area contributed by atoms with E-state index in [4.69, 9.17) is 5.73 Å². The van der Waals surface area contributed by atoms with Gasteiger partial charge in [0.1, 0.15) is 11.9 Å². The zero-order valence-corrected chi connectivity index (χ0v) is 13.0. The van der Waals surface area contributed by atoms with Crippen LogP contribution in [-0.4, -0.2) is 53.3 Å². The van der Waals surface area contributed by atoms with Crippen molar-refractivity contribution < 1.29 is 14.0 Å². The second-order valence-electron chi connectivity index (χ2n) is 5.90. The van der Waals surface area contributed by atoms with E-state index < -0.39 is 11.9 Å². The fourth-order valence-corrected chi connectivity index (χ4v) is 2.69. The number of nitrogens with zero attached hydrogens (tertiary/aromatic N) is 2. The molecular weight excluding hydrogens is 285 g/mol. The molecule has 1 aliphatic rings. The monoisotopic (exact) mass is 307 g/mol. The van der Waals surface area contributed by atoms with Crippen LogP contribution in [0.15, 0.2) is 24.3 Å². The number of benzene rings is 1. The summed E-state index contributed by atoms with van der Waals surface area (Å²) in [5.41, 5.74) is 6.18. The zero-order valence-electron chi connectivity index (χ0n) is 13.0. The Morgan fingerprint density at radius 3 is 2.45 bits per heavy atom. The van der Waals surface area contributed by atoms with Crippen molar-refractivity contribution in [2.45, 2.75) is 32.4 Å². The van der Waals surface area contributed by atoms with Gasteiger partial charge in [-0.3, -0.25) is 14.5 Å². The summed E-state index contributed by atoms with van der Waals surface area (Å²) in [7, 11) is 0. The van der Waals surface area contributed by atoms with E-state index in [2.05, 4.69) is 4.90 Å². The smallest absolute Gasteiger partial charge is 0.241 e. The number of hydrogen-bond acceptors (Lipinski definition) is 3. The topological polar surface area (TPSA) is 66.6 Å². The fraction of sp³-hybridized carbons (Fsp3) is 0.500.